The number of pyridine rings is 2. The molecule has 0 aromatic carbocycles. The van der Waals surface area contributed by atoms with Crippen LogP contribution in [0.3, 0.4) is 0 Å². The van der Waals surface area contributed by atoms with Crippen molar-refractivity contribution < 1.29 is 9.53 Å². The first-order valence-electron chi connectivity index (χ1n) is 9.85. The van der Waals surface area contributed by atoms with E-state index in [2.05, 4.69) is 35.6 Å². The number of aromatic nitrogens is 4. The van der Waals surface area contributed by atoms with Crippen molar-refractivity contribution in [1.29, 1.82) is 0 Å². The predicted octanol–water partition coefficient (Wildman–Crippen LogP) is 2.17. The molecular weight excluding hydrogens is 382 g/mol. The van der Waals surface area contributed by atoms with E-state index in [1.165, 1.54) is 12.4 Å². The fraction of sp³-hybridized carbons (Fsp3) is 0.333. The number of rotatable bonds is 3. The Balaban J connectivity index is 0.000000265. The number of nitrogens with two attached hydrogens (primary N) is 1. The normalized spacial score (nSPS) is 16.5. The third kappa shape index (κ3) is 4.93. The summed E-state index contributed by atoms with van der Waals surface area (Å²) in [5.74, 6) is 0.998. The molecule has 1 fully saturated rings. The molecule has 5 heterocycles. The number of amides is 1. The molecule has 9 nitrogen and oxygen atoms in total. The fourth-order valence-electron chi connectivity index (χ4n) is 3.37. The monoisotopic (exact) mass is 405 g/mol. The lowest BCUT2D eigenvalue weighted by Gasteiger charge is -2.22. The minimum atomic E-state index is -0.164. The van der Waals surface area contributed by atoms with E-state index in [1.54, 1.807) is 12.3 Å². The minimum Gasteiger partial charge on any atom is -0.384 e. The maximum atomic E-state index is 10.2. The summed E-state index contributed by atoms with van der Waals surface area (Å²) >= 11 is 0. The van der Waals surface area contributed by atoms with Crippen molar-refractivity contribution in [2.45, 2.75) is 19.4 Å². The molecule has 154 valence electrons. The summed E-state index contributed by atoms with van der Waals surface area (Å²) in [6, 6.07) is 5.89. The SMILES string of the molecule is Nc1ccc(-c2cnc3ncn(CC4CCOCC4)c3c2)cn1.O=C1CN=CC=N1. The number of carbonyl (C=O) groups excluding carboxylic acids is 1. The number of nitrogen functional groups attached to an aromatic ring is 1. The van der Waals surface area contributed by atoms with Gasteiger partial charge in [0.2, 0.25) is 0 Å². The molecule has 9 heteroatoms. The van der Waals surface area contributed by atoms with Crippen LogP contribution in [0.4, 0.5) is 5.82 Å². The van der Waals surface area contributed by atoms with Crippen LogP contribution in [-0.4, -0.2) is 57.6 Å². The zero-order valence-corrected chi connectivity index (χ0v) is 16.5. The van der Waals surface area contributed by atoms with E-state index in [0.29, 0.717) is 11.7 Å². The standard InChI is InChI=1S/C17H19N5O.C4H4N2O/c18-16-2-1-13(8-19-16)14-7-15-17(20-9-14)21-11-22(15)10-12-3-5-23-6-4-12;7-4-3-5-1-2-6-4/h1-2,7-9,11-12H,3-6,10H2,(H2,18,19);1-2H,3H2. The molecule has 0 aliphatic carbocycles. The van der Waals surface area contributed by atoms with Gasteiger partial charge in [0.1, 0.15) is 12.4 Å². The van der Waals surface area contributed by atoms with Crippen LogP contribution in [0.2, 0.25) is 0 Å². The van der Waals surface area contributed by atoms with Crippen LogP contribution in [0.5, 0.6) is 0 Å². The van der Waals surface area contributed by atoms with E-state index in [9.17, 15) is 4.79 Å². The van der Waals surface area contributed by atoms with Crippen LogP contribution >= 0.6 is 0 Å². The van der Waals surface area contributed by atoms with E-state index in [4.69, 9.17) is 10.5 Å². The van der Waals surface area contributed by atoms with E-state index < -0.39 is 0 Å². The lowest BCUT2D eigenvalue weighted by molar-refractivity contribution is -0.116. The smallest absolute Gasteiger partial charge is 0.267 e. The van der Waals surface area contributed by atoms with Crippen LogP contribution in [0.25, 0.3) is 22.3 Å². The molecule has 2 aliphatic rings. The fourth-order valence-corrected chi connectivity index (χ4v) is 3.37. The number of fused-ring (bicyclic) bond motifs is 1. The summed E-state index contributed by atoms with van der Waals surface area (Å²) in [7, 11) is 0. The summed E-state index contributed by atoms with van der Waals surface area (Å²) in [6.45, 7) is 2.90. The predicted molar refractivity (Wildman–Crippen MR) is 116 cm³/mol. The number of carbonyl (C=O) groups is 1. The van der Waals surface area contributed by atoms with Crippen LogP contribution < -0.4 is 5.73 Å². The maximum Gasteiger partial charge on any atom is 0.267 e. The van der Waals surface area contributed by atoms with Crippen LogP contribution in [0.15, 0.2) is 46.9 Å². The van der Waals surface area contributed by atoms with E-state index in [-0.39, 0.29) is 12.5 Å². The Morgan fingerprint density at radius 2 is 1.90 bits per heavy atom. The first kappa shape index (κ1) is 19.8. The second kappa shape index (κ2) is 9.36. The molecule has 5 rings (SSSR count). The number of imidazole rings is 1. The van der Waals surface area contributed by atoms with Gasteiger partial charge in [0.15, 0.2) is 5.65 Å². The summed E-state index contributed by atoms with van der Waals surface area (Å²) in [5.41, 5.74) is 9.53. The molecule has 30 heavy (non-hydrogen) atoms. The Morgan fingerprint density at radius 1 is 1.07 bits per heavy atom. The van der Waals surface area contributed by atoms with Gasteiger partial charge in [-0.05, 0) is 37.0 Å². The molecule has 0 unspecified atom stereocenters. The Labute approximate surface area is 173 Å². The number of ether oxygens (including phenoxy) is 1. The van der Waals surface area contributed by atoms with Gasteiger partial charge in [0.25, 0.3) is 5.91 Å². The van der Waals surface area contributed by atoms with E-state index >= 15 is 0 Å². The third-order valence-corrected chi connectivity index (χ3v) is 5.01. The maximum absolute atomic E-state index is 10.2. The van der Waals surface area contributed by atoms with Gasteiger partial charge in [-0.25, -0.2) is 19.9 Å². The number of anilines is 1. The highest BCUT2D eigenvalue weighted by Crippen LogP contribution is 2.24. The molecule has 0 atom stereocenters. The minimum absolute atomic E-state index is 0.164. The number of hydrogen-bond donors (Lipinski definition) is 1. The van der Waals surface area contributed by atoms with Gasteiger partial charge in [-0.3, -0.25) is 9.79 Å². The van der Waals surface area contributed by atoms with E-state index in [0.717, 1.165) is 54.9 Å². The van der Waals surface area contributed by atoms with Crippen molar-refractivity contribution in [3.63, 3.8) is 0 Å². The Bertz CT molecular complexity index is 1070. The van der Waals surface area contributed by atoms with Gasteiger partial charge in [-0.1, -0.05) is 0 Å². The zero-order valence-electron chi connectivity index (χ0n) is 16.5. The van der Waals surface area contributed by atoms with Crippen molar-refractivity contribution >= 4 is 35.3 Å². The van der Waals surface area contributed by atoms with Gasteiger partial charge < -0.3 is 15.0 Å². The average Bonchev–Trinajstić information content (AvgIpc) is 3.18. The highest BCUT2D eigenvalue weighted by Gasteiger charge is 2.16. The number of nitrogens with zero attached hydrogens (tertiary/aromatic N) is 6. The lowest BCUT2D eigenvalue weighted by atomic mass is 10.0. The molecular formula is C21H23N7O2. The van der Waals surface area contributed by atoms with Gasteiger partial charge >= 0.3 is 0 Å². The second-order valence-corrected chi connectivity index (χ2v) is 7.15. The molecule has 0 bridgehead atoms. The topological polar surface area (TPSA) is 121 Å². The molecule has 1 amide bonds. The molecule has 3 aromatic heterocycles. The van der Waals surface area contributed by atoms with Crippen LogP contribution in [0, 0.1) is 5.92 Å². The Kier molecular flexibility index (Phi) is 6.19. The van der Waals surface area contributed by atoms with Crippen molar-refractivity contribution in [2.75, 3.05) is 25.5 Å². The molecule has 2 N–H and O–H groups in total. The number of hydrogen-bond acceptors (Lipinski definition) is 7. The number of aliphatic imine (C=N–C) groups is 2. The van der Waals surface area contributed by atoms with Crippen LogP contribution in [0.1, 0.15) is 12.8 Å². The summed E-state index contributed by atoms with van der Waals surface area (Å²) < 4.78 is 7.64. The van der Waals surface area contributed by atoms with Crippen molar-refractivity contribution in [3.05, 3.63) is 36.9 Å². The van der Waals surface area contributed by atoms with Crippen LogP contribution in [-0.2, 0) is 16.1 Å². The third-order valence-electron chi connectivity index (χ3n) is 5.01. The molecule has 0 spiro atoms. The Hall–Kier alpha value is -3.46. The largest absolute Gasteiger partial charge is 0.384 e. The quantitative estimate of drug-likeness (QED) is 0.713. The van der Waals surface area contributed by atoms with Gasteiger partial charge in [0, 0.05) is 55.7 Å². The summed E-state index contributed by atoms with van der Waals surface area (Å²) in [6.07, 6.45) is 10.6. The second-order valence-electron chi connectivity index (χ2n) is 7.15. The lowest BCUT2D eigenvalue weighted by Crippen LogP contribution is -2.20. The first-order chi connectivity index (χ1) is 14.7. The highest BCUT2D eigenvalue weighted by molar-refractivity contribution is 6.20. The van der Waals surface area contributed by atoms with E-state index in [1.807, 2.05) is 18.6 Å². The molecule has 1 saturated heterocycles. The molecule has 0 saturated carbocycles. The van der Waals surface area contributed by atoms with Crippen molar-refractivity contribution in [2.24, 2.45) is 15.9 Å². The first-order valence-corrected chi connectivity index (χ1v) is 9.85. The van der Waals surface area contributed by atoms with Gasteiger partial charge in [-0.2, -0.15) is 0 Å². The molecule has 0 radical (unpaired) electrons. The van der Waals surface area contributed by atoms with Gasteiger partial charge in [0.05, 0.1) is 11.8 Å². The Morgan fingerprint density at radius 3 is 2.57 bits per heavy atom. The summed E-state index contributed by atoms with van der Waals surface area (Å²) in [5, 5.41) is 0. The summed E-state index contributed by atoms with van der Waals surface area (Å²) in [4.78, 5) is 30.3. The van der Waals surface area contributed by atoms with Crippen molar-refractivity contribution in [3.8, 4) is 11.1 Å². The molecule has 2 aliphatic heterocycles. The van der Waals surface area contributed by atoms with Crippen molar-refractivity contribution in [1.82, 2.24) is 19.5 Å². The zero-order chi connectivity index (χ0) is 20.8. The molecule has 3 aromatic rings. The average molecular weight is 405 g/mol. The van der Waals surface area contributed by atoms with Gasteiger partial charge in [-0.15, -0.1) is 0 Å². The highest BCUT2D eigenvalue weighted by atomic mass is 16.5.